The number of hydrogen-bond donors (Lipinski definition) is 2. The second-order valence-electron chi connectivity index (χ2n) is 7.07. The van der Waals surface area contributed by atoms with Gasteiger partial charge in [-0.15, -0.1) is 0 Å². The molecule has 1 aliphatic carbocycles. The minimum absolute atomic E-state index is 0.0381. The Morgan fingerprint density at radius 1 is 0.731 bits per heavy atom. The molecular weight excluding hydrogens is 324 g/mol. The van der Waals surface area contributed by atoms with Gasteiger partial charge in [-0.1, -0.05) is 49.2 Å². The fourth-order valence-electron chi connectivity index (χ4n) is 3.62. The number of aryl methyl sites for hydroxylation is 2. The van der Waals surface area contributed by atoms with E-state index >= 15 is 0 Å². The van der Waals surface area contributed by atoms with E-state index in [1.54, 1.807) is 0 Å². The van der Waals surface area contributed by atoms with Gasteiger partial charge in [0.15, 0.2) is 0 Å². The lowest BCUT2D eigenvalue weighted by Crippen LogP contribution is -2.53. The fraction of sp³-hybridized carbons (Fsp3) is 0.364. The molecule has 2 atom stereocenters. The molecule has 0 aromatic heterocycles. The van der Waals surface area contributed by atoms with Crippen molar-refractivity contribution in [3.8, 4) is 0 Å². The molecule has 2 aromatic rings. The van der Waals surface area contributed by atoms with Gasteiger partial charge in [-0.25, -0.2) is 0 Å². The standard InChI is InChI=1S/C22H26N2O2/c1-15-9-3-5-11-17(15)21(25)23-19-13-7-8-14-20(19)24-22(26)18-12-6-4-10-16(18)2/h3-6,9-12,19-20H,7-8,13-14H2,1-2H3,(H,23,25)(H,24,26)/t19-,20+. The smallest absolute Gasteiger partial charge is 0.251 e. The molecule has 0 heterocycles. The first-order chi connectivity index (χ1) is 12.6. The predicted octanol–water partition coefficient (Wildman–Crippen LogP) is 3.77. The van der Waals surface area contributed by atoms with Crippen LogP contribution < -0.4 is 10.6 Å². The van der Waals surface area contributed by atoms with Crippen LogP contribution in [0.3, 0.4) is 0 Å². The van der Waals surface area contributed by atoms with Crippen molar-refractivity contribution in [2.45, 2.75) is 51.6 Å². The van der Waals surface area contributed by atoms with Crippen molar-refractivity contribution >= 4 is 11.8 Å². The van der Waals surface area contributed by atoms with Gasteiger partial charge in [0.05, 0.1) is 0 Å². The summed E-state index contributed by atoms with van der Waals surface area (Å²) in [6.45, 7) is 3.88. The third-order valence-electron chi connectivity index (χ3n) is 5.18. The van der Waals surface area contributed by atoms with E-state index in [1.165, 1.54) is 0 Å². The zero-order valence-corrected chi connectivity index (χ0v) is 15.4. The molecule has 26 heavy (non-hydrogen) atoms. The number of carbonyl (C=O) groups is 2. The van der Waals surface area contributed by atoms with Crippen molar-refractivity contribution in [3.63, 3.8) is 0 Å². The van der Waals surface area contributed by atoms with Crippen LogP contribution >= 0.6 is 0 Å². The molecule has 4 nitrogen and oxygen atoms in total. The Balaban J connectivity index is 1.70. The van der Waals surface area contributed by atoms with Gasteiger partial charge in [-0.2, -0.15) is 0 Å². The van der Waals surface area contributed by atoms with Gasteiger partial charge in [0.2, 0.25) is 0 Å². The van der Waals surface area contributed by atoms with E-state index in [2.05, 4.69) is 10.6 Å². The number of nitrogens with one attached hydrogen (secondary N) is 2. The molecule has 1 fully saturated rings. The summed E-state index contributed by atoms with van der Waals surface area (Å²) in [5.74, 6) is -0.129. The highest BCUT2D eigenvalue weighted by Crippen LogP contribution is 2.20. The molecule has 0 spiro atoms. The Bertz CT molecular complexity index is 733. The van der Waals surface area contributed by atoms with E-state index in [0.29, 0.717) is 11.1 Å². The van der Waals surface area contributed by atoms with Crippen molar-refractivity contribution in [2.24, 2.45) is 0 Å². The Morgan fingerprint density at radius 2 is 1.12 bits per heavy atom. The van der Waals surface area contributed by atoms with E-state index in [4.69, 9.17) is 0 Å². The van der Waals surface area contributed by atoms with Gasteiger partial charge in [0.1, 0.15) is 0 Å². The molecule has 0 unspecified atom stereocenters. The molecule has 0 radical (unpaired) electrons. The maximum absolute atomic E-state index is 12.7. The summed E-state index contributed by atoms with van der Waals surface area (Å²) in [6.07, 6.45) is 3.90. The molecule has 0 aliphatic heterocycles. The zero-order valence-electron chi connectivity index (χ0n) is 15.4. The van der Waals surface area contributed by atoms with Crippen molar-refractivity contribution in [1.82, 2.24) is 10.6 Å². The third-order valence-corrected chi connectivity index (χ3v) is 5.18. The molecule has 2 aromatic carbocycles. The predicted molar refractivity (Wildman–Crippen MR) is 103 cm³/mol. The molecular formula is C22H26N2O2. The minimum Gasteiger partial charge on any atom is -0.347 e. The van der Waals surface area contributed by atoms with Gasteiger partial charge in [-0.3, -0.25) is 9.59 Å². The van der Waals surface area contributed by atoms with Gasteiger partial charge in [-0.05, 0) is 49.9 Å². The first-order valence-corrected chi connectivity index (χ1v) is 9.29. The van der Waals surface area contributed by atoms with Crippen molar-refractivity contribution in [1.29, 1.82) is 0 Å². The van der Waals surface area contributed by atoms with E-state index in [-0.39, 0.29) is 23.9 Å². The monoisotopic (exact) mass is 350 g/mol. The van der Waals surface area contributed by atoms with Crippen LogP contribution in [0.1, 0.15) is 57.5 Å². The van der Waals surface area contributed by atoms with Gasteiger partial charge in [0, 0.05) is 23.2 Å². The Kier molecular flexibility index (Phi) is 5.71. The Labute approximate surface area is 155 Å². The fourth-order valence-corrected chi connectivity index (χ4v) is 3.62. The first kappa shape index (κ1) is 18.2. The maximum Gasteiger partial charge on any atom is 0.251 e. The molecule has 1 saturated carbocycles. The average Bonchev–Trinajstić information content (AvgIpc) is 2.64. The summed E-state index contributed by atoms with van der Waals surface area (Å²) in [4.78, 5) is 25.3. The number of rotatable bonds is 4. The lowest BCUT2D eigenvalue weighted by atomic mass is 9.89. The van der Waals surface area contributed by atoms with Crippen LogP contribution in [0.15, 0.2) is 48.5 Å². The quantitative estimate of drug-likeness (QED) is 0.882. The van der Waals surface area contributed by atoms with Gasteiger partial charge >= 0.3 is 0 Å². The van der Waals surface area contributed by atoms with E-state index in [1.807, 2.05) is 62.4 Å². The number of hydrogen-bond acceptors (Lipinski definition) is 2. The summed E-state index contributed by atoms with van der Waals surface area (Å²) >= 11 is 0. The number of amides is 2. The summed E-state index contributed by atoms with van der Waals surface area (Å²) in [5.41, 5.74) is 3.31. The third kappa shape index (κ3) is 4.13. The summed E-state index contributed by atoms with van der Waals surface area (Å²) in [7, 11) is 0. The van der Waals surface area contributed by atoms with E-state index in [9.17, 15) is 9.59 Å². The zero-order chi connectivity index (χ0) is 18.5. The second-order valence-corrected chi connectivity index (χ2v) is 7.07. The Morgan fingerprint density at radius 3 is 1.50 bits per heavy atom. The largest absolute Gasteiger partial charge is 0.347 e. The topological polar surface area (TPSA) is 58.2 Å². The maximum atomic E-state index is 12.7. The summed E-state index contributed by atoms with van der Waals surface area (Å²) < 4.78 is 0. The van der Waals surface area contributed by atoms with Crippen LogP contribution in [0.2, 0.25) is 0 Å². The lowest BCUT2D eigenvalue weighted by Gasteiger charge is -2.33. The van der Waals surface area contributed by atoms with Crippen LogP contribution in [0.4, 0.5) is 0 Å². The molecule has 2 amide bonds. The minimum atomic E-state index is -0.0647. The average molecular weight is 350 g/mol. The molecule has 3 rings (SSSR count). The lowest BCUT2D eigenvalue weighted by molar-refractivity contribution is 0.0862. The van der Waals surface area contributed by atoms with Crippen LogP contribution in [-0.2, 0) is 0 Å². The van der Waals surface area contributed by atoms with Crippen LogP contribution in [0.5, 0.6) is 0 Å². The van der Waals surface area contributed by atoms with Crippen molar-refractivity contribution in [2.75, 3.05) is 0 Å². The van der Waals surface area contributed by atoms with Crippen LogP contribution in [0, 0.1) is 13.8 Å². The molecule has 2 N–H and O–H groups in total. The Hall–Kier alpha value is -2.62. The molecule has 1 aliphatic rings. The highest BCUT2D eigenvalue weighted by molar-refractivity contribution is 5.97. The summed E-state index contributed by atoms with van der Waals surface area (Å²) in [5, 5.41) is 6.29. The van der Waals surface area contributed by atoms with Gasteiger partial charge in [0.25, 0.3) is 11.8 Å². The SMILES string of the molecule is Cc1ccccc1C(=O)N[C@H]1CCCC[C@H]1NC(=O)c1ccccc1C. The highest BCUT2D eigenvalue weighted by atomic mass is 16.2. The van der Waals surface area contributed by atoms with E-state index < -0.39 is 0 Å². The van der Waals surface area contributed by atoms with E-state index in [0.717, 1.165) is 36.8 Å². The first-order valence-electron chi connectivity index (χ1n) is 9.29. The molecule has 0 bridgehead atoms. The highest BCUT2D eigenvalue weighted by Gasteiger charge is 2.28. The van der Waals surface area contributed by atoms with Crippen LogP contribution in [0.25, 0.3) is 0 Å². The number of benzene rings is 2. The molecule has 4 heteroatoms. The molecule has 0 saturated heterocycles. The van der Waals surface area contributed by atoms with Crippen LogP contribution in [-0.4, -0.2) is 23.9 Å². The summed E-state index contributed by atoms with van der Waals surface area (Å²) in [6, 6.07) is 15.1. The van der Waals surface area contributed by atoms with Crippen molar-refractivity contribution in [3.05, 3.63) is 70.8 Å². The van der Waals surface area contributed by atoms with Gasteiger partial charge < -0.3 is 10.6 Å². The van der Waals surface area contributed by atoms with Crippen molar-refractivity contribution < 1.29 is 9.59 Å². The normalized spacial score (nSPS) is 19.6. The number of carbonyl (C=O) groups excluding carboxylic acids is 2. The molecule has 136 valence electrons. The second kappa shape index (κ2) is 8.17.